The molecule has 1 heterocycles. The number of alkyl halides is 1. The molecule has 0 saturated heterocycles. The summed E-state index contributed by atoms with van der Waals surface area (Å²) in [6.45, 7) is 3.46. The van der Waals surface area contributed by atoms with E-state index in [-0.39, 0.29) is 22.4 Å². The lowest BCUT2D eigenvalue weighted by Crippen LogP contribution is -2.26. The van der Waals surface area contributed by atoms with Gasteiger partial charge in [-0.15, -0.1) is 11.6 Å². The third-order valence-electron chi connectivity index (χ3n) is 3.57. The van der Waals surface area contributed by atoms with E-state index in [1.807, 2.05) is 0 Å². The zero-order valence-corrected chi connectivity index (χ0v) is 13.7. The van der Waals surface area contributed by atoms with Crippen LogP contribution in [0.4, 0.5) is 0 Å². The Hall–Kier alpha value is -1.11. The summed E-state index contributed by atoms with van der Waals surface area (Å²) in [7, 11) is -2.44. The third-order valence-corrected chi connectivity index (χ3v) is 4.98. The monoisotopic (exact) mass is 349 g/mol. The van der Waals surface area contributed by atoms with E-state index < -0.39 is 21.5 Å². The van der Waals surface area contributed by atoms with Crippen molar-refractivity contribution in [3.63, 3.8) is 0 Å². The fourth-order valence-corrected chi connectivity index (χ4v) is 3.50. The van der Waals surface area contributed by atoms with E-state index in [0.29, 0.717) is 23.3 Å². The quantitative estimate of drug-likeness (QED) is 0.444. The number of nitrogens with zero attached hydrogens (tertiary/aromatic N) is 1. The van der Waals surface area contributed by atoms with E-state index in [9.17, 15) is 13.2 Å². The summed E-state index contributed by atoms with van der Waals surface area (Å²) in [5, 5.41) is 3.28. The van der Waals surface area contributed by atoms with Crippen molar-refractivity contribution in [1.82, 2.24) is 0 Å². The smallest absolute Gasteiger partial charge is 0.252 e. The Morgan fingerprint density at radius 3 is 2.67 bits per heavy atom. The van der Waals surface area contributed by atoms with Gasteiger partial charge >= 0.3 is 0 Å². The van der Waals surface area contributed by atoms with Gasteiger partial charge in [-0.1, -0.05) is 12.1 Å². The topological polar surface area (TPSA) is 72.8 Å². The van der Waals surface area contributed by atoms with Gasteiger partial charge in [-0.2, -0.15) is 8.42 Å². The maximum Gasteiger partial charge on any atom is 0.252 e. The number of halogens is 2. The number of hydrogen-bond donors (Lipinski definition) is 0. The molecule has 0 aromatic rings. The van der Waals surface area contributed by atoms with Crippen LogP contribution in [0.25, 0.3) is 0 Å². The highest BCUT2D eigenvalue weighted by Gasteiger charge is 2.33. The summed E-state index contributed by atoms with van der Waals surface area (Å²) in [5.74, 6) is -0.130. The van der Waals surface area contributed by atoms with Crippen molar-refractivity contribution < 1.29 is 18.0 Å². The molecule has 1 aliphatic heterocycles. The first-order chi connectivity index (χ1) is 9.86. The van der Waals surface area contributed by atoms with Crippen LogP contribution in [0.5, 0.6) is 0 Å². The summed E-state index contributed by atoms with van der Waals surface area (Å²) in [6, 6.07) is 0. The van der Waals surface area contributed by atoms with Crippen molar-refractivity contribution >= 4 is 49.3 Å². The Morgan fingerprint density at radius 2 is 2.19 bits per heavy atom. The van der Waals surface area contributed by atoms with Crippen LogP contribution < -0.4 is 0 Å². The molecule has 1 aliphatic carbocycles. The molecule has 0 spiro atoms. The molecular formula is C13H13Cl2NO4S. The summed E-state index contributed by atoms with van der Waals surface area (Å²) >= 11 is 11.3. The normalized spacial score (nSPS) is 25.4. The number of allylic oxidation sites excluding steroid dienone is 4. The largest absolute Gasteiger partial charge is 0.391 e. The Kier molecular flexibility index (Phi) is 4.91. The zero-order valence-electron chi connectivity index (χ0n) is 11.4. The van der Waals surface area contributed by atoms with Crippen molar-refractivity contribution in [2.75, 3.05) is 5.88 Å². The SMILES string of the molecule is CC1=C(C2=NOC(CCl)C2)C(C)C(=S(=O)=O)C=C1C(=O)Cl. The minimum atomic E-state index is -2.44. The Bertz CT molecular complexity index is 710. The molecule has 0 bridgehead atoms. The Balaban J connectivity index is 2.57. The molecule has 2 atom stereocenters. The maximum absolute atomic E-state index is 11.5. The maximum atomic E-state index is 11.5. The van der Waals surface area contributed by atoms with Crippen LogP contribution in [0.3, 0.4) is 0 Å². The van der Waals surface area contributed by atoms with Crippen LogP contribution in [0.15, 0.2) is 28.0 Å². The van der Waals surface area contributed by atoms with Gasteiger partial charge in [-0.05, 0) is 35.7 Å². The first-order valence-electron chi connectivity index (χ1n) is 6.24. The minimum absolute atomic E-state index is 0.108. The second-order valence-electron chi connectivity index (χ2n) is 4.85. The van der Waals surface area contributed by atoms with E-state index in [0.717, 1.165) is 0 Å². The molecule has 0 radical (unpaired) electrons. The van der Waals surface area contributed by atoms with E-state index in [1.165, 1.54) is 6.08 Å². The van der Waals surface area contributed by atoms with Crippen LogP contribution in [-0.2, 0) is 19.9 Å². The number of carbonyl (C=O) groups excluding carboxylic acids is 1. The molecule has 21 heavy (non-hydrogen) atoms. The van der Waals surface area contributed by atoms with Gasteiger partial charge in [0.2, 0.25) is 10.3 Å². The number of rotatable bonds is 3. The highest BCUT2D eigenvalue weighted by Crippen LogP contribution is 2.33. The molecule has 2 aliphatic rings. The molecule has 0 N–H and O–H groups in total. The van der Waals surface area contributed by atoms with Gasteiger partial charge in [0.05, 0.1) is 16.5 Å². The highest BCUT2D eigenvalue weighted by molar-refractivity contribution is 7.73. The molecule has 114 valence electrons. The molecular weight excluding hydrogens is 337 g/mol. The number of oxime groups is 1. The molecule has 2 rings (SSSR count). The number of carbonyl (C=O) groups is 1. The lowest BCUT2D eigenvalue weighted by atomic mass is 9.81. The van der Waals surface area contributed by atoms with Crippen molar-refractivity contribution in [2.24, 2.45) is 11.1 Å². The summed E-state index contributed by atoms with van der Waals surface area (Å²) in [5.41, 5.74) is 2.06. The van der Waals surface area contributed by atoms with Crippen LogP contribution in [0, 0.1) is 5.92 Å². The first-order valence-corrected chi connectivity index (χ1v) is 8.23. The molecule has 0 amide bonds. The average Bonchev–Trinajstić information content (AvgIpc) is 2.86. The minimum Gasteiger partial charge on any atom is -0.391 e. The molecule has 0 aromatic carbocycles. The molecule has 8 heteroatoms. The highest BCUT2D eigenvalue weighted by atomic mass is 35.5. The zero-order chi connectivity index (χ0) is 15.7. The van der Waals surface area contributed by atoms with Crippen LogP contribution in [-0.4, -0.2) is 36.2 Å². The van der Waals surface area contributed by atoms with Crippen molar-refractivity contribution in [2.45, 2.75) is 26.4 Å². The van der Waals surface area contributed by atoms with E-state index >= 15 is 0 Å². The molecule has 2 unspecified atom stereocenters. The Labute approximate surface area is 133 Å². The standard InChI is InChI=1S/C13H13Cl2NO4S/c1-6-9(13(15)17)4-11(21(18)19)7(2)12(6)10-3-8(5-14)20-16-10/h4,7-8H,3,5H2,1-2H3. The first kappa shape index (κ1) is 16.3. The van der Waals surface area contributed by atoms with Gasteiger partial charge in [-0.25, -0.2) is 0 Å². The second kappa shape index (κ2) is 6.34. The third kappa shape index (κ3) is 3.07. The molecule has 0 aromatic heterocycles. The molecule has 5 nitrogen and oxygen atoms in total. The van der Waals surface area contributed by atoms with E-state index in [1.54, 1.807) is 13.8 Å². The van der Waals surface area contributed by atoms with E-state index in [4.69, 9.17) is 28.0 Å². The summed E-state index contributed by atoms with van der Waals surface area (Å²) < 4.78 is 22.7. The summed E-state index contributed by atoms with van der Waals surface area (Å²) in [4.78, 5) is 16.8. The Morgan fingerprint density at radius 1 is 1.52 bits per heavy atom. The van der Waals surface area contributed by atoms with Gasteiger partial charge in [0.15, 0.2) is 0 Å². The van der Waals surface area contributed by atoms with Crippen LogP contribution in [0.2, 0.25) is 0 Å². The lowest BCUT2D eigenvalue weighted by molar-refractivity contribution is -0.108. The molecule has 0 saturated carbocycles. The van der Waals surface area contributed by atoms with Crippen LogP contribution >= 0.6 is 23.2 Å². The van der Waals surface area contributed by atoms with Gasteiger partial charge in [-0.3, -0.25) is 4.79 Å². The number of hydrogen-bond acceptors (Lipinski definition) is 5. The lowest BCUT2D eigenvalue weighted by Gasteiger charge is -2.23. The van der Waals surface area contributed by atoms with Gasteiger partial charge < -0.3 is 4.84 Å². The fourth-order valence-electron chi connectivity index (χ4n) is 2.52. The van der Waals surface area contributed by atoms with Crippen molar-refractivity contribution in [1.29, 1.82) is 0 Å². The predicted octanol–water partition coefficient (Wildman–Crippen LogP) is 2.08. The van der Waals surface area contributed by atoms with Crippen LogP contribution in [0.1, 0.15) is 20.3 Å². The average molecular weight is 350 g/mol. The van der Waals surface area contributed by atoms with Gasteiger partial charge in [0, 0.05) is 17.9 Å². The fraction of sp³-hybridized carbons (Fsp3) is 0.462. The van der Waals surface area contributed by atoms with E-state index in [2.05, 4.69) is 5.16 Å². The predicted molar refractivity (Wildman–Crippen MR) is 82.4 cm³/mol. The second-order valence-corrected chi connectivity index (χ2v) is 6.45. The summed E-state index contributed by atoms with van der Waals surface area (Å²) in [6.07, 6.45) is 1.55. The molecule has 0 fully saturated rings. The van der Waals surface area contributed by atoms with Crippen molar-refractivity contribution in [3.8, 4) is 0 Å². The van der Waals surface area contributed by atoms with Crippen molar-refractivity contribution in [3.05, 3.63) is 22.8 Å². The van der Waals surface area contributed by atoms with Gasteiger partial charge in [0.1, 0.15) is 6.10 Å². The van der Waals surface area contributed by atoms with Gasteiger partial charge in [0.25, 0.3) is 5.24 Å².